The molecule has 2 aromatic carbocycles. The largest absolute Gasteiger partial charge is 0.498 e. The van der Waals surface area contributed by atoms with E-state index in [1.54, 1.807) is 0 Å². The van der Waals surface area contributed by atoms with Crippen molar-refractivity contribution in [2.45, 2.75) is 37.0 Å². The highest BCUT2D eigenvalue weighted by Crippen LogP contribution is 2.51. The van der Waals surface area contributed by atoms with Crippen molar-refractivity contribution in [2.24, 2.45) is 0 Å². The second kappa shape index (κ2) is 8.93. The molecule has 2 aromatic rings. The number of likely N-dealkylation sites (N-methyl/N-ethyl adjacent to an activating group) is 1. The quantitative estimate of drug-likeness (QED) is 0.469. The topological polar surface area (TPSA) is 63.7 Å². The third-order valence-electron chi connectivity index (χ3n) is 7.99. The van der Waals surface area contributed by atoms with Crippen LogP contribution in [0.4, 0.5) is 13.6 Å². The zero-order valence-electron chi connectivity index (χ0n) is 19.7. The Morgan fingerprint density at radius 3 is 2.60 bits per heavy atom. The Morgan fingerprint density at radius 1 is 1.20 bits per heavy atom. The average molecular weight is 482 g/mol. The van der Waals surface area contributed by atoms with Gasteiger partial charge in [0.05, 0.1) is 31.6 Å². The molecule has 5 rings (SSSR count). The molecular weight excluding hydrogens is 452 g/mol. The SMILES string of the molecule is CN1CC[N@+](C(=O)[O-])(C2CC2)C(CC=O)(N2CC(c3cc(F)ccc3F)=C[C@H]2c2ccccc2)C1. The smallest absolute Gasteiger partial charge is 0.259 e. The highest BCUT2D eigenvalue weighted by molar-refractivity contribution is 5.71. The minimum Gasteiger partial charge on any atom is -0.498 e. The Balaban J connectivity index is 1.70. The van der Waals surface area contributed by atoms with Crippen LogP contribution in [-0.4, -0.2) is 71.6 Å². The van der Waals surface area contributed by atoms with Gasteiger partial charge in [0, 0.05) is 31.5 Å². The van der Waals surface area contributed by atoms with Crippen LogP contribution in [0.5, 0.6) is 0 Å². The van der Waals surface area contributed by atoms with Crippen LogP contribution in [0.15, 0.2) is 54.6 Å². The summed E-state index contributed by atoms with van der Waals surface area (Å²) in [4.78, 5) is 29.2. The molecule has 8 heteroatoms. The molecule has 1 saturated carbocycles. The molecular formula is C27H29F2N3O3. The van der Waals surface area contributed by atoms with Crippen LogP contribution in [0.1, 0.15) is 36.4 Å². The molecule has 0 aromatic heterocycles. The van der Waals surface area contributed by atoms with Crippen molar-refractivity contribution in [2.75, 3.05) is 33.2 Å². The molecule has 35 heavy (non-hydrogen) atoms. The van der Waals surface area contributed by atoms with E-state index in [1.807, 2.05) is 53.3 Å². The molecule has 1 saturated heterocycles. The first-order chi connectivity index (χ1) is 16.8. The molecule has 1 unspecified atom stereocenters. The van der Waals surface area contributed by atoms with E-state index in [9.17, 15) is 23.5 Å². The fourth-order valence-corrected chi connectivity index (χ4v) is 6.29. The standard InChI is InChI=1S/C27H29F2N3O3/c1-30-12-13-32(26(34)35,22-8-9-22)27(18-30,11-14-33)31-17-20(23-16-21(28)7-10-24(23)29)15-25(31)19-5-3-2-4-6-19/h2-7,10,14-16,22,25H,8-9,11-13,17-18H2,1H3/t25-,27?,32+/m0/s1. The summed E-state index contributed by atoms with van der Waals surface area (Å²) < 4.78 is 28.6. The number of quaternary nitrogens is 1. The molecule has 2 aliphatic heterocycles. The molecule has 3 aliphatic rings. The van der Waals surface area contributed by atoms with E-state index in [0.717, 1.165) is 36.8 Å². The fourth-order valence-electron chi connectivity index (χ4n) is 6.29. The molecule has 184 valence electrons. The third kappa shape index (κ3) is 3.80. The number of aldehydes is 1. The first kappa shape index (κ1) is 23.8. The number of carbonyl (C=O) groups excluding carboxylic acids is 2. The van der Waals surface area contributed by atoms with Gasteiger partial charge >= 0.3 is 0 Å². The van der Waals surface area contributed by atoms with Gasteiger partial charge in [0.15, 0.2) is 5.66 Å². The van der Waals surface area contributed by atoms with Crippen molar-refractivity contribution in [3.63, 3.8) is 0 Å². The fraction of sp³-hybridized carbons (Fsp3) is 0.407. The molecule has 0 spiro atoms. The van der Waals surface area contributed by atoms with Crippen LogP contribution in [0.2, 0.25) is 0 Å². The molecule has 2 fully saturated rings. The zero-order valence-corrected chi connectivity index (χ0v) is 19.7. The molecule has 2 heterocycles. The second-order valence-corrected chi connectivity index (χ2v) is 9.98. The molecule has 0 N–H and O–H groups in total. The summed E-state index contributed by atoms with van der Waals surface area (Å²) in [5, 5.41) is 13.0. The normalized spacial score (nSPS) is 29.7. The molecule has 1 aliphatic carbocycles. The van der Waals surface area contributed by atoms with E-state index in [-0.39, 0.29) is 29.1 Å². The number of piperazine rings is 1. The van der Waals surface area contributed by atoms with Gasteiger partial charge in [-0.15, -0.1) is 0 Å². The van der Waals surface area contributed by atoms with Gasteiger partial charge < -0.3 is 14.7 Å². The van der Waals surface area contributed by atoms with Crippen LogP contribution in [-0.2, 0) is 4.79 Å². The lowest BCUT2D eigenvalue weighted by atomic mass is 9.91. The van der Waals surface area contributed by atoms with Crippen molar-refractivity contribution < 1.29 is 28.0 Å². The van der Waals surface area contributed by atoms with Gasteiger partial charge in [0.1, 0.15) is 17.9 Å². The number of carboxylic acid groups (broad SMARTS) is 1. The number of hydrogen-bond donors (Lipinski definition) is 0. The molecule has 3 atom stereocenters. The number of benzene rings is 2. The lowest BCUT2D eigenvalue weighted by Crippen LogP contribution is -2.83. The van der Waals surface area contributed by atoms with Gasteiger partial charge in [-0.25, -0.2) is 13.7 Å². The number of amides is 1. The van der Waals surface area contributed by atoms with E-state index < -0.39 is 29.4 Å². The van der Waals surface area contributed by atoms with Crippen LogP contribution in [0, 0.1) is 11.6 Å². The van der Waals surface area contributed by atoms with Crippen molar-refractivity contribution in [1.82, 2.24) is 9.80 Å². The van der Waals surface area contributed by atoms with E-state index in [2.05, 4.69) is 0 Å². The third-order valence-corrected chi connectivity index (χ3v) is 7.99. The van der Waals surface area contributed by atoms with E-state index in [1.165, 1.54) is 6.07 Å². The number of rotatable bonds is 6. The zero-order chi connectivity index (χ0) is 24.8. The van der Waals surface area contributed by atoms with Crippen molar-refractivity contribution in [1.29, 1.82) is 0 Å². The predicted octanol–water partition coefficient (Wildman–Crippen LogP) is 2.96. The highest BCUT2D eigenvalue weighted by atomic mass is 19.1. The maximum Gasteiger partial charge on any atom is 0.259 e. The highest BCUT2D eigenvalue weighted by Gasteiger charge is 2.66. The first-order valence-corrected chi connectivity index (χ1v) is 12.0. The van der Waals surface area contributed by atoms with Gasteiger partial charge in [-0.3, -0.25) is 9.38 Å². The Kier molecular flexibility index (Phi) is 6.07. The summed E-state index contributed by atoms with van der Waals surface area (Å²) in [5.41, 5.74) is 0.487. The average Bonchev–Trinajstić information content (AvgIpc) is 3.59. The number of halogens is 2. The van der Waals surface area contributed by atoms with Gasteiger partial charge in [-0.2, -0.15) is 0 Å². The van der Waals surface area contributed by atoms with Crippen LogP contribution < -0.4 is 5.11 Å². The van der Waals surface area contributed by atoms with Gasteiger partial charge in [0.25, 0.3) is 6.09 Å². The predicted molar refractivity (Wildman–Crippen MR) is 125 cm³/mol. The summed E-state index contributed by atoms with van der Waals surface area (Å²) in [7, 11) is 1.92. The Hall–Kier alpha value is -2.94. The Labute approximate surface area is 203 Å². The van der Waals surface area contributed by atoms with Gasteiger partial charge in [-0.1, -0.05) is 36.4 Å². The Morgan fingerprint density at radius 2 is 1.94 bits per heavy atom. The monoisotopic (exact) mass is 481 g/mol. The molecule has 6 nitrogen and oxygen atoms in total. The van der Waals surface area contributed by atoms with Gasteiger partial charge in [0.2, 0.25) is 0 Å². The first-order valence-electron chi connectivity index (χ1n) is 12.0. The van der Waals surface area contributed by atoms with E-state index in [0.29, 0.717) is 25.2 Å². The van der Waals surface area contributed by atoms with Crippen LogP contribution in [0.25, 0.3) is 5.57 Å². The summed E-state index contributed by atoms with van der Waals surface area (Å²) in [6.45, 7) is 1.40. The minimum absolute atomic E-state index is 0.0160. The number of hydrogen-bond acceptors (Lipinski definition) is 5. The molecule has 1 amide bonds. The summed E-state index contributed by atoms with van der Waals surface area (Å²) in [6, 6.07) is 12.3. The molecule has 0 radical (unpaired) electrons. The van der Waals surface area contributed by atoms with Crippen LogP contribution in [0.3, 0.4) is 0 Å². The summed E-state index contributed by atoms with van der Waals surface area (Å²) >= 11 is 0. The van der Waals surface area contributed by atoms with Crippen molar-refractivity contribution in [3.05, 3.63) is 77.4 Å². The van der Waals surface area contributed by atoms with Crippen LogP contribution >= 0.6 is 0 Å². The maximum absolute atomic E-state index is 14.8. The lowest BCUT2D eigenvalue weighted by molar-refractivity contribution is -0.952. The summed E-state index contributed by atoms with van der Waals surface area (Å²) in [5.74, 6) is -1.09. The number of carbonyl (C=O) groups is 2. The van der Waals surface area contributed by atoms with Crippen molar-refractivity contribution in [3.8, 4) is 0 Å². The second-order valence-electron chi connectivity index (χ2n) is 9.98. The number of nitrogens with zero attached hydrogens (tertiary/aromatic N) is 3. The molecule has 0 bridgehead atoms. The summed E-state index contributed by atoms with van der Waals surface area (Å²) in [6.07, 6.45) is 2.98. The van der Waals surface area contributed by atoms with E-state index in [4.69, 9.17) is 0 Å². The minimum atomic E-state index is -1.18. The van der Waals surface area contributed by atoms with E-state index >= 15 is 0 Å². The van der Waals surface area contributed by atoms with Gasteiger partial charge in [-0.05, 0) is 36.4 Å². The Bertz CT molecular complexity index is 1170. The maximum atomic E-state index is 14.8. The lowest BCUT2D eigenvalue weighted by Gasteiger charge is -2.61. The van der Waals surface area contributed by atoms with Crippen molar-refractivity contribution >= 4 is 18.0 Å².